The van der Waals surface area contributed by atoms with Gasteiger partial charge in [0, 0.05) is 19.1 Å². The first-order valence-electron chi connectivity index (χ1n) is 6.63. The molecule has 2 amide bonds. The van der Waals surface area contributed by atoms with Crippen LogP contribution in [0.15, 0.2) is 11.6 Å². The quantitative estimate of drug-likeness (QED) is 0.771. The Morgan fingerprint density at radius 3 is 2.58 bits per heavy atom. The molecule has 1 aliphatic heterocycles. The molecule has 0 saturated carbocycles. The van der Waals surface area contributed by atoms with Crippen molar-refractivity contribution in [2.75, 3.05) is 13.1 Å². The zero-order valence-corrected chi connectivity index (χ0v) is 12.2. The summed E-state index contributed by atoms with van der Waals surface area (Å²) in [6, 6.07) is -0.544. The summed E-state index contributed by atoms with van der Waals surface area (Å²) in [5.41, 5.74) is 0.890. The molecule has 0 saturated heterocycles. The molecule has 5 nitrogen and oxygen atoms in total. The molecule has 0 aromatic heterocycles. The van der Waals surface area contributed by atoms with E-state index in [0.29, 0.717) is 13.1 Å². The molecule has 19 heavy (non-hydrogen) atoms. The molecular weight excluding hydrogens is 244 g/mol. The highest BCUT2D eigenvalue weighted by Gasteiger charge is 2.30. The number of nitrogens with zero attached hydrogens (tertiary/aromatic N) is 1. The Hall–Kier alpha value is -1.52. The number of amides is 2. The molecule has 0 bridgehead atoms. The summed E-state index contributed by atoms with van der Waals surface area (Å²) >= 11 is 0. The second-order valence-corrected chi connectivity index (χ2v) is 6.23. The van der Waals surface area contributed by atoms with Crippen molar-refractivity contribution in [1.29, 1.82) is 0 Å². The number of nitrogens with one attached hydrogen (secondary N) is 1. The molecule has 0 radical (unpaired) electrons. The van der Waals surface area contributed by atoms with E-state index in [2.05, 4.69) is 11.4 Å². The van der Waals surface area contributed by atoms with Crippen LogP contribution in [0, 0.1) is 5.41 Å². The third kappa shape index (κ3) is 4.93. The highest BCUT2D eigenvalue weighted by molar-refractivity contribution is 5.76. The van der Waals surface area contributed by atoms with E-state index >= 15 is 0 Å². The fourth-order valence-corrected chi connectivity index (χ4v) is 2.07. The predicted molar refractivity (Wildman–Crippen MR) is 74.0 cm³/mol. The van der Waals surface area contributed by atoms with E-state index < -0.39 is 5.97 Å². The summed E-state index contributed by atoms with van der Waals surface area (Å²) in [5.74, 6) is -0.894. The Bertz CT molecular complexity index is 383. The third-order valence-corrected chi connectivity index (χ3v) is 3.34. The van der Waals surface area contributed by atoms with Gasteiger partial charge in [0.2, 0.25) is 0 Å². The van der Waals surface area contributed by atoms with Crippen molar-refractivity contribution in [1.82, 2.24) is 10.2 Å². The molecule has 1 atom stereocenters. The number of urea groups is 1. The first-order chi connectivity index (χ1) is 8.70. The number of carbonyl (C=O) groups is 2. The number of carboxylic acids is 1. The van der Waals surface area contributed by atoms with Crippen LogP contribution in [0.2, 0.25) is 0 Å². The van der Waals surface area contributed by atoms with Crippen molar-refractivity contribution in [3.8, 4) is 0 Å². The van der Waals surface area contributed by atoms with Crippen LogP contribution in [0.4, 0.5) is 4.79 Å². The molecule has 1 heterocycles. The van der Waals surface area contributed by atoms with Gasteiger partial charge < -0.3 is 15.3 Å². The van der Waals surface area contributed by atoms with Gasteiger partial charge in [-0.3, -0.25) is 4.79 Å². The summed E-state index contributed by atoms with van der Waals surface area (Å²) in [5, 5.41) is 11.8. The van der Waals surface area contributed by atoms with Crippen LogP contribution in [0.1, 0.15) is 40.5 Å². The van der Waals surface area contributed by atoms with E-state index in [1.807, 2.05) is 27.7 Å². The lowest BCUT2D eigenvalue weighted by molar-refractivity contribution is -0.138. The molecule has 108 valence electrons. The fraction of sp³-hybridized carbons (Fsp3) is 0.714. The van der Waals surface area contributed by atoms with Crippen LogP contribution in [-0.2, 0) is 4.79 Å². The minimum atomic E-state index is -0.894. The normalized spacial score (nSPS) is 17.7. The summed E-state index contributed by atoms with van der Waals surface area (Å²) < 4.78 is 0. The Morgan fingerprint density at radius 1 is 1.47 bits per heavy atom. The highest BCUT2D eigenvalue weighted by Crippen LogP contribution is 2.22. The molecule has 1 rings (SSSR count). The van der Waals surface area contributed by atoms with Crippen molar-refractivity contribution in [2.24, 2.45) is 5.41 Å². The Kier molecular flexibility index (Phi) is 4.97. The van der Waals surface area contributed by atoms with E-state index in [0.717, 1.165) is 6.42 Å². The molecule has 0 fully saturated rings. The van der Waals surface area contributed by atoms with E-state index in [1.165, 1.54) is 5.57 Å². The van der Waals surface area contributed by atoms with Crippen LogP contribution in [0.3, 0.4) is 0 Å². The van der Waals surface area contributed by atoms with Crippen molar-refractivity contribution in [3.05, 3.63) is 11.6 Å². The van der Waals surface area contributed by atoms with E-state index in [9.17, 15) is 9.59 Å². The Balaban J connectivity index is 2.66. The Labute approximate surface area is 114 Å². The zero-order chi connectivity index (χ0) is 14.6. The van der Waals surface area contributed by atoms with Crippen molar-refractivity contribution in [3.63, 3.8) is 0 Å². The maximum absolute atomic E-state index is 12.2. The SMILES string of the molecule is CC1=CCCN(C(=O)NC(CC(=O)O)C(C)(C)C)C1. The van der Waals surface area contributed by atoms with Gasteiger partial charge in [-0.1, -0.05) is 32.4 Å². The lowest BCUT2D eigenvalue weighted by Crippen LogP contribution is -2.51. The maximum atomic E-state index is 12.2. The monoisotopic (exact) mass is 268 g/mol. The van der Waals surface area contributed by atoms with Gasteiger partial charge in [-0.15, -0.1) is 0 Å². The molecular formula is C14H24N2O3. The van der Waals surface area contributed by atoms with E-state index in [-0.39, 0.29) is 23.9 Å². The van der Waals surface area contributed by atoms with Gasteiger partial charge in [-0.2, -0.15) is 0 Å². The molecule has 0 aromatic rings. The predicted octanol–water partition coefficient (Wildman–Crippen LogP) is 2.24. The topological polar surface area (TPSA) is 69.6 Å². The lowest BCUT2D eigenvalue weighted by atomic mass is 9.85. The fourth-order valence-electron chi connectivity index (χ4n) is 2.07. The van der Waals surface area contributed by atoms with Crippen LogP contribution in [-0.4, -0.2) is 41.1 Å². The molecule has 1 unspecified atom stereocenters. The minimum absolute atomic E-state index is 0.0576. The number of rotatable bonds is 3. The Morgan fingerprint density at radius 2 is 2.11 bits per heavy atom. The third-order valence-electron chi connectivity index (χ3n) is 3.34. The van der Waals surface area contributed by atoms with Gasteiger partial charge in [-0.25, -0.2) is 4.79 Å². The van der Waals surface area contributed by atoms with Crippen LogP contribution in [0.5, 0.6) is 0 Å². The van der Waals surface area contributed by atoms with Gasteiger partial charge in [-0.05, 0) is 18.8 Å². The van der Waals surface area contributed by atoms with Crippen LogP contribution < -0.4 is 5.32 Å². The number of hydrogen-bond acceptors (Lipinski definition) is 2. The second kappa shape index (κ2) is 6.08. The summed E-state index contributed by atoms with van der Waals surface area (Å²) in [4.78, 5) is 24.8. The van der Waals surface area contributed by atoms with Gasteiger partial charge in [0.05, 0.1) is 6.42 Å². The van der Waals surface area contributed by atoms with Gasteiger partial charge in [0.15, 0.2) is 0 Å². The summed E-state index contributed by atoms with van der Waals surface area (Å²) in [6.07, 6.45) is 2.93. The molecule has 5 heteroatoms. The summed E-state index contributed by atoms with van der Waals surface area (Å²) in [6.45, 7) is 9.10. The minimum Gasteiger partial charge on any atom is -0.481 e. The largest absolute Gasteiger partial charge is 0.481 e. The first-order valence-corrected chi connectivity index (χ1v) is 6.63. The molecule has 0 aliphatic carbocycles. The van der Waals surface area contributed by atoms with Crippen molar-refractivity contribution < 1.29 is 14.7 Å². The standard InChI is InChI=1S/C14H24N2O3/c1-10-6-5-7-16(9-10)13(19)15-11(8-12(17)18)14(2,3)4/h6,11H,5,7-9H2,1-4H3,(H,15,19)(H,17,18). The molecule has 0 aromatic carbocycles. The number of carbonyl (C=O) groups excluding carboxylic acids is 1. The maximum Gasteiger partial charge on any atom is 0.317 e. The number of hydrogen-bond donors (Lipinski definition) is 2. The number of carboxylic acid groups (broad SMARTS) is 1. The van der Waals surface area contributed by atoms with Gasteiger partial charge in [0.25, 0.3) is 0 Å². The highest BCUT2D eigenvalue weighted by atomic mass is 16.4. The van der Waals surface area contributed by atoms with Crippen molar-refractivity contribution >= 4 is 12.0 Å². The smallest absolute Gasteiger partial charge is 0.317 e. The van der Waals surface area contributed by atoms with Crippen LogP contribution in [0.25, 0.3) is 0 Å². The van der Waals surface area contributed by atoms with Crippen LogP contribution >= 0.6 is 0 Å². The average Bonchev–Trinajstić information content (AvgIpc) is 2.26. The summed E-state index contributed by atoms with van der Waals surface area (Å²) in [7, 11) is 0. The lowest BCUT2D eigenvalue weighted by Gasteiger charge is -2.34. The van der Waals surface area contributed by atoms with Gasteiger partial charge in [0.1, 0.15) is 0 Å². The van der Waals surface area contributed by atoms with E-state index in [4.69, 9.17) is 5.11 Å². The van der Waals surface area contributed by atoms with Crippen molar-refractivity contribution in [2.45, 2.75) is 46.6 Å². The van der Waals surface area contributed by atoms with E-state index in [1.54, 1.807) is 4.90 Å². The number of aliphatic carboxylic acids is 1. The average molecular weight is 268 g/mol. The zero-order valence-electron chi connectivity index (χ0n) is 12.2. The first kappa shape index (κ1) is 15.5. The second-order valence-electron chi connectivity index (χ2n) is 6.23. The molecule has 1 aliphatic rings. The van der Waals surface area contributed by atoms with Gasteiger partial charge >= 0.3 is 12.0 Å². The molecule has 0 spiro atoms. The molecule has 2 N–H and O–H groups in total.